The van der Waals surface area contributed by atoms with Gasteiger partial charge in [-0.05, 0) is 46.6 Å². The lowest BCUT2D eigenvalue weighted by Gasteiger charge is -2.16. The first kappa shape index (κ1) is 23.1. The third-order valence-electron chi connectivity index (χ3n) is 4.65. The summed E-state index contributed by atoms with van der Waals surface area (Å²) < 4.78 is 12.7. The highest BCUT2D eigenvalue weighted by molar-refractivity contribution is 9.10. The van der Waals surface area contributed by atoms with Crippen molar-refractivity contribution in [3.63, 3.8) is 0 Å². The molecular formula is C24H23BrClNO4. The molecule has 0 aliphatic rings. The molecule has 0 radical (unpaired) electrons. The van der Waals surface area contributed by atoms with Gasteiger partial charge >= 0.3 is 0 Å². The minimum Gasteiger partial charge on any atom is -0.545 e. The zero-order valence-electron chi connectivity index (χ0n) is 17.1. The van der Waals surface area contributed by atoms with Crippen molar-refractivity contribution < 1.29 is 24.7 Å². The van der Waals surface area contributed by atoms with E-state index in [0.717, 1.165) is 34.3 Å². The van der Waals surface area contributed by atoms with E-state index in [1.807, 2.05) is 43.3 Å². The Balaban J connectivity index is 1.66. The van der Waals surface area contributed by atoms with E-state index < -0.39 is 5.97 Å². The highest BCUT2D eigenvalue weighted by Crippen LogP contribution is 2.37. The van der Waals surface area contributed by atoms with E-state index in [9.17, 15) is 9.90 Å². The predicted octanol–water partition coefficient (Wildman–Crippen LogP) is 3.71. The molecule has 2 N–H and O–H groups in total. The third-order valence-corrected chi connectivity index (χ3v) is 5.61. The van der Waals surface area contributed by atoms with Crippen LogP contribution in [0.3, 0.4) is 0 Å². The first-order valence-corrected chi connectivity index (χ1v) is 11.1. The minimum atomic E-state index is -1.17. The normalized spacial score (nSPS) is 10.7. The lowest BCUT2D eigenvalue weighted by Crippen LogP contribution is -2.80. The second-order valence-electron chi connectivity index (χ2n) is 6.90. The van der Waals surface area contributed by atoms with Gasteiger partial charge in [-0.25, -0.2) is 0 Å². The number of carbonyl (C=O) groups excluding carboxylic acids is 1. The molecule has 0 spiro atoms. The Morgan fingerprint density at radius 2 is 1.74 bits per heavy atom. The second kappa shape index (κ2) is 11.2. The van der Waals surface area contributed by atoms with E-state index in [4.69, 9.17) is 21.1 Å². The number of rotatable bonds is 10. The molecule has 0 aromatic heterocycles. The highest BCUT2D eigenvalue weighted by Gasteiger charge is 2.14. The first-order valence-electron chi connectivity index (χ1n) is 9.91. The Hall–Kier alpha value is -2.54. The van der Waals surface area contributed by atoms with E-state index >= 15 is 0 Å². The van der Waals surface area contributed by atoms with Gasteiger partial charge in [-0.2, -0.15) is 0 Å². The summed E-state index contributed by atoms with van der Waals surface area (Å²) >= 11 is 9.83. The smallest absolute Gasteiger partial charge is 0.175 e. The SMILES string of the molecule is CCOc1cc(C[NH2+]Cc2ccc(C(=O)[O-])cc2)cc(Br)c1OCc1ccccc1Cl. The van der Waals surface area contributed by atoms with E-state index in [1.54, 1.807) is 24.3 Å². The monoisotopic (exact) mass is 503 g/mol. The molecule has 0 aliphatic carbocycles. The van der Waals surface area contributed by atoms with Crippen LogP contribution >= 0.6 is 27.5 Å². The Morgan fingerprint density at radius 3 is 2.42 bits per heavy atom. The van der Waals surface area contributed by atoms with Gasteiger partial charge in [0.05, 0.1) is 17.0 Å². The highest BCUT2D eigenvalue weighted by atomic mass is 79.9. The van der Waals surface area contributed by atoms with Crippen LogP contribution in [-0.4, -0.2) is 12.6 Å². The van der Waals surface area contributed by atoms with Crippen LogP contribution in [0.15, 0.2) is 65.1 Å². The number of benzene rings is 3. The lowest BCUT2D eigenvalue weighted by molar-refractivity contribution is -0.686. The molecule has 0 atom stereocenters. The van der Waals surface area contributed by atoms with Crippen molar-refractivity contribution in [3.05, 3.63) is 92.4 Å². The molecular weight excluding hydrogens is 482 g/mol. The van der Waals surface area contributed by atoms with Crippen LogP contribution in [0, 0.1) is 0 Å². The Bertz CT molecular complexity index is 1040. The largest absolute Gasteiger partial charge is 0.545 e. The van der Waals surface area contributed by atoms with Gasteiger partial charge in [0, 0.05) is 21.7 Å². The van der Waals surface area contributed by atoms with Gasteiger partial charge in [-0.3, -0.25) is 0 Å². The average Bonchev–Trinajstić information content (AvgIpc) is 2.75. The molecule has 0 aliphatic heterocycles. The molecule has 162 valence electrons. The number of carboxylic acid groups (broad SMARTS) is 1. The minimum absolute atomic E-state index is 0.182. The fourth-order valence-corrected chi connectivity index (χ4v) is 3.88. The standard InChI is InChI=1S/C24H23BrClNO4/c1-2-30-22-12-17(14-27-13-16-7-9-18(10-8-16)24(28)29)11-20(25)23(22)31-15-19-5-3-4-6-21(19)26/h3-12,27H,2,13-15H2,1H3,(H,28,29). The summed E-state index contributed by atoms with van der Waals surface area (Å²) in [6.07, 6.45) is 0. The fourth-order valence-electron chi connectivity index (χ4n) is 3.09. The maximum atomic E-state index is 10.8. The molecule has 3 aromatic rings. The maximum absolute atomic E-state index is 10.8. The summed E-state index contributed by atoms with van der Waals surface area (Å²) in [5.74, 6) is 0.148. The van der Waals surface area contributed by atoms with Gasteiger partial charge in [0.25, 0.3) is 0 Å². The van der Waals surface area contributed by atoms with Crippen LogP contribution in [-0.2, 0) is 19.7 Å². The van der Waals surface area contributed by atoms with Crippen molar-refractivity contribution >= 4 is 33.5 Å². The number of carbonyl (C=O) groups is 1. The Labute approximate surface area is 195 Å². The van der Waals surface area contributed by atoms with E-state index in [1.165, 1.54) is 0 Å². The summed E-state index contributed by atoms with van der Waals surface area (Å²) in [6, 6.07) is 18.3. The Morgan fingerprint density at radius 1 is 1.03 bits per heavy atom. The van der Waals surface area contributed by atoms with Gasteiger partial charge in [0.1, 0.15) is 19.7 Å². The molecule has 0 unspecified atom stereocenters. The molecule has 0 saturated heterocycles. The molecule has 3 aromatic carbocycles. The summed E-state index contributed by atoms with van der Waals surface area (Å²) in [4.78, 5) is 10.8. The van der Waals surface area contributed by atoms with Crippen molar-refractivity contribution in [1.29, 1.82) is 0 Å². The molecule has 5 nitrogen and oxygen atoms in total. The van der Waals surface area contributed by atoms with Gasteiger partial charge in [0.15, 0.2) is 11.5 Å². The number of carboxylic acids is 1. The molecule has 31 heavy (non-hydrogen) atoms. The van der Waals surface area contributed by atoms with E-state index in [0.29, 0.717) is 29.7 Å². The quantitative estimate of drug-likeness (QED) is 0.457. The van der Waals surface area contributed by atoms with E-state index in [2.05, 4.69) is 21.2 Å². The van der Waals surface area contributed by atoms with Crippen molar-refractivity contribution in [2.45, 2.75) is 26.6 Å². The number of hydrogen-bond acceptors (Lipinski definition) is 4. The average molecular weight is 505 g/mol. The summed E-state index contributed by atoms with van der Waals surface area (Å²) in [5, 5.41) is 13.6. The topological polar surface area (TPSA) is 75.2 Å². The van der Waals surface area contributed by atoms with Crippen LogP contribution in [0.25, 0.3) is 0 Å². The summed E-state index contributed by atoms with van der Waals surface area (Å²) in [6.45, 7) is 4.24. The van der Waals surface area contributed by atoms with Gasteiger partial charge in [-0.15, -0.1) is 0 Å². The van der Waals surface area contributed by atoms with Gasteiger partial charge in [0.2, 0.25) is 0 Å². The molecule has 3 rings (SSSR count). The lowest BCUT2D eigenvalue weighted by atomic mass is 10.1. The van der Waals surface area contributed by atoms with E-state index in [-0.39, 0.29) is 5.56 Å². The number of aromatic carboxylic acids is 1. The third kappa shape index (κ3) is 6.47. The van der Waals surface area contributed by atoms with Crippen LogP contribution < -0.4 is 19.9 Å². The van der Waals surface area contributed by atoms with Crippen molar-refractivity contribution in [2.75, 3.05) is 6.61 Å². The fraction of sp³-hybridized carbons (Fsp3) is 0.208. The number of nitrogens with two attached hydrogens (primary N) is 1. The van der Waals surface area contributed by atoms with Crippen LogP contribution in [0.1, 0.15) is 34.0 Å². The first-order chi connectivity index (χ1) is 15.0. The van der Waals surface area contributed by atoms with Crippen molar-refractivity contribution in [2.24, 2.45) is 0 Å². The number of ether oxygens (including phenoxy) is 2. The zero-order chi connectivity index (χ0) is 22.2. The van der Waals surface area contributed by atoms with Crippen LogP contribution in [0.4, 0.5) is 0 Å². The molecule has 0 saturated carbocycles. The summed E-state index contributed by atoms with van der Waals surface area (Å²) in [7, 11) is 0. The van der Waals surface area contributed by atoms with Crippen LogP contribution in [0.2, 0.25) is 5.02 Å². The number of halogens is 2. The summed E-state index contributed by atoms with van der Waals surface area (Å²) in [5.41, 5.74) is 3.20. The Kier molecular flexibility index (Phi) is 8.35. The predicted molar refractivity (Wildman–Crippen MR) is 121 cm³/mol. The molecule has 0 fully saturated rings. The maximum Gasteiger partial charge on any atom is 0.175 e. The molecule has 0 bridgehead atoms. The number of hydrogen-bond donors (Lipinski definition) is 1. The molecule has 0 amide bonds. The van der Waals surface area contributed by atoms with Crippen LogP contribution in [0.5, 0.6) is 11.5 Å². The van der Waals surface area contributed by atoms with Gasteiger partial charge < -0.3 is 24.7 Å². The van der Waals surface area contributed by atoms with Crippen molar-refractivity contribution in [1.82, 2.24) is 0 Å². The molecule has 0 heterocycles. The second-order valence-corrected chi connectivity index (χ2v) is 8.16. The zero-order valence-corrected chi connectivity index (χ0v) is 19.4. The molecule has 7 heteroatoms. The van der Waals surface area contributed by atoms with Crippen molar-refractivity contribution in [3.8, 4) is 11.5 Å². The van der Waals surface area contributed by atoms with Gasteiger partial charge in [-0.1, -0.05) is 54.1 Å². The number of quaternary nitrogens is 1.